The average Bonchev–Trinajstić information content (AvgIpc) is 2.22. The molecule has 1 aromatic rings. The van der Waals surface area contributed by atoms with Gasteiger partial charge < -0.3 is 5.11 Å². The highest BCUT2D eigenvalue weighted by molar-refractivity contribution is 5.37. The minimum absolute atomic E-state index is 0.0184. The van der Waals surface area contributed by atoms with Gasteiger partial charge in [-0.25, -0.2) is 0 Å². The lowest BCUT2D eigenvalue weighted by Crippen LogP contribution is -2.04. The Hall–Kier alpha value is -1.26. The number of hydrogen-bond acceptors (Lipinski definition) is 1. The average molecular weight is 188 g/mol. The maximum atomic E-state index is 9.12. The summed E-state index contributed by atoms with van der Waals surface area (Å²) in [6.07, 6.45) is 6.36. The standard InChI is InChI=1S/C13H16O/c1-4-11-7-6-10(3)13(8-11)12(5-2)9-14/h2,6-8,12,14H,4,9H2,1,3H3/t12-/m0/s1. The Morgan fingerprint density at radius 2 is 2.21 bits per heavy atom. The summed E-state index contributed by atoms with van der Waals surface area (Å²) in [5.41, 5.74) is 3.49. The van der Waals surface area contributed by atoms with E-state index in [1.807, 2.05) is 6.92 Å². The maximum absolute atomic E-state index is 9.12. The van der Waals surface area contributed by atoms with Crippen LogP contribution in [0.1, 0.15) is 29.5 Å². The van der Waals surface area contributed by atoms with Crippen LogP contribution >= 0.6 is 0 Å². The van der Waals surface area contributed by atoms with E-state index in [0.29, 0.717) is 0 Å². The van der Waals surface area contributed by atoms with Crippen molar-refractivity contribution in [1.29, 1.82) is 0 Å². The van der Waals surface area contributed by atoms with Crippen molar-refractivity contribution >= 4 is 0 Å². The summed E-state index contributed by atoms with van der Waals surface area (Å²) in [5.74, 6) is 2.44. The highest BCUT2D eigenvalue weighted by Crippen LogP contribution is 2.20. The van der Waals surface area contributed by atoms with Gasteiger partial charge in [-0.2, -0.15) is 0 Å². The molecule has 0 unspecified atom stereocenters. The number of aliphatic hydroxyl groups excluding tert-OH is 1. The van der Waals surface area contributed by atoms with E-state index in [4.69, 9.17) is 11.5 Å². The van der Waals surface area contributed by atoms with Crippen LogP contribution in [0.3, 0.4) is 0 Å². The number of hydrogen-bond donors (Lipinski definition) is 1. The molecule has 0 bridgehead atoms. The summed E-state index contributed by atoms with van der Waals surface area (Å²) in [6, 6.07) is 6.26. The van der Waals surface area contributed by atoms with Crippen LogP contribution in [0.25, 0.3) is 0 Å². The fraction of sp³-hybridized carbons (Fsp3) is 0.385. The van der Waals surface area contributed by atoms with Gasteiger partial charge in [-0.1, -0.05) is 31.0 Å². The number of benzene rings is 1. The highest BCUT2D eigenvalue weighted by Gasteiger charge is 2.09. The van der Waals surface area contributed by atoms with E-state index >= 15 is 0 Å². The first-order valence-electron chi connectivity index (χ1n) is 4.89. The lowest BCUT2D eigenvalue weighted by atomic mass is 9.93. The zero-order chi connectivity index (χ0) is 10.6. The van der Waals surface area contributed by atoms with Gasteiger partial charge in [-0.3, -0.25) is 0 Å². The van der Waals surface area contributed by atoms with Crippen LogP contribution in [0.2, 0.25) is 0 Å². The third kappa shape index (κ3) is 2.16. The van der Waals surface area contributed by atoms with Crippen LogP contribution in [-0.2, 0) is 6.42 Å². The minimum Gasteiger partial charge on any atom is -0.395 e. The topological polar surface area (TPSA) is 20.2 Å². The molecule has 1 N–H and O–H groups in total. The molecule has 1 nitrogen and oxygen atoms in total. The fourth-order valence-corrected chi connectivity index (χ4v) is 1.53. The lowest BCUT2D eigenvalue weighted by Gasteiger charge is -2.12. The summed E-state index contributed by atoms with van der Waals surface area (Å²) in [6.45, 7) is 4.15. The molecule has 0 fully saturated rings. The van der Waals surface area contributed by atoms with Crippen LogP contribution in [-0.4, -0.2) is 11.7 Å². The predicted octanol–water partition coefficient (Wildman–Crippen LogP) is 2.27. The first-order chi connectivity index (χ1) is 6.72. The first kappa shape index (κ1) is 10.8. The van der Waals surface area contributed by atoms with Crippen molar-refractivity contribution in [3.8, 4) is 12.3 Å². The smallest absolute Gasteiger partial charge is 0.0683 e. The van der Waals surface area contributed by atoms with Crippen LogP contribution < -0.4 is 0 Å². The van der Waals surface area contributed by atoms with Crippen molar-refractivity contribution < 1.29 is 5.11 Å². The highest BCUT2D eigenvalue weighted by atomic mass is 16.3. The second-order valence-electron chi connectivity index (χ2n) is 3.45. The van der Waals surface area contributed by atoms with Gasteiger partial charge in [0, 0.05) is 0 Å². The van der Waals surface area contributed by atoms with Crippen molar-refractivity contribution in [3.63, 3.8) is 0 Å². The second-order valence-corrected chi connectivity index (χ2v) is 3.45. The molecule has 0 aromatic heterocycles. The van der Waals surface area contributed by atoms with Crippen molar-refractivity contribution in [3.05, 3.63) is 34.9 Å². The zero-order valence-electron chi connectivity index (χ0n) is 8.75. The van der Waals surface area contributed by atoms with Gasteiger partial charge >= 0.3 is 0 Å². The molecule has 0 aliphatic carbocycles. The molecule has 1 rings (SSSR count). The molecule has 1 heteroatoms. The van der Waals surface area contributed by atoms with E-state index < -0.39 is 0 Å². The van der Waals surface area contributed by atoms with Gasteiger partial charge in [-0.15, -0.1) is 6.42 Å². The molecule has 1 aromatic carbocycles. The summed E-state index contributed by atoms with van der Waals surface area (Å²) in [7, 11) is 0. The van der Waals surface area contributed by atoms with E-state index in [-0.39, 0.29) is 12.5 Å². The number of terminal acetylenes is 1. The molecule has 0 saturated carbocycles. The van der Waals surface area contributed by atoms with Gasteiger partial charge in [0.2, 0.25) is 0 Å². The van der Waals surface area contributed by atoms with E-state index in [0.717, 1.165) is 17.5 Å². The van der Waals surface area contributed by atoms with E-state index in [9.17, 15) is 0 Å². The first-order valence-corrected chi connectivity index (χ1v) is 4.89. The van der Waals surface area contributed by atoms with Crippen molar-refractivity contribution in [1.82, 2.24) is 0 Å². The molecular formula is C13H16O. The Kier molecular flexibility index (Phi) is 3.73. The molecule has 0 aliphatic heterocycles. The van der Waals surface area contributed by atoms with Crippen molar-refractivity contribution in [2.75, 3.05) is 6.61 Å². The van der Waals surface area contributed by atoms with Crippen LogP contribution in [0.15, 0.2) is 18.2 Å². The predicted molar refractivity (Wildman–Crippen MR) is 59.2 cm³/mol. The molecular weight excluding hydrogens is 172 g/mol. The molecule has 14 heavy (non-hydrogen) atoms. The maximum Gasteiger partial charge on any atom is 0.0683 e. The third-order valence-electron chi connectivity index (χ3n) is 2.51. The monoisotopic (exact) mass is 188 g/mol. The molecule has 0 spiro atoms. The summed E-state index contributed by atoms with van der Waals surface area (Å²) >= 11 is 0. The third-order valence-corrected chi connectivity index (χ3v) is 2.51. The molecule has 0 heterocycles. The Morgan fingerprint density at radius 3 is 2.71 bits per heavy atom. The van der Waals surface area contributed by atoms with Gasteiger partial charge in [0.05, 0.1) is 12.5 Å². The SMILES string of the molecule is C#C[C@@H](CO)c1cc(CC)ccc1C. The molecule has 0 aliphatic rings. The Bertz CT molecular complexity index is 347. The van der Waals surface area contributed by atoms with Crippen LogP contribution in [0.4, 0.5) is 0 Å². The van der Waals surface area contributed by atoms with Crippen LogP contribution in [0, 0.1) is 19.3 Å². The van der Waals surface area contributed by atoms with Crippen molar-refractivity contribution in [2.45, 2.75) is 26.2 Å². The van der Waals surface area contributed by atoms with E-state index in [2.05, 4.69) is 31.0 Å². The van der Waals surface area contributed by atoms with Gasteiger partial charge in [0.25, 0.3) is 0 Å². The number of aryl methyl sites for hydroxylation is 2. The Morgan fingerprint density at radius 1 is 1.50 bits per heavy atom. The fourth-order valence-electron chi connectivity index (χ4n) is 1.53. The minimum atomic E-state index is -0.165. The van der Waals surface area contributed by atoms with E-state index in [1.165, 1.54) is 5.56 Å². The molecule has 0 radical (unpaired) electrons. The summed E-state index contributed by atoms with van der Waals surface area (Å²) in [5, 5.41) is 9.12. The quantitative estimate of drug-likeness (QED) is 0.721. The lowest BCUT2D eigenvalue weighted by molar-refractivity contribution is 0.286. The summed E-state index contributed by atoms with van der Waals surface area (Å²) < 4.78 is 0. The molecule has 0 amide bonds. The second kappa shape index (κ2) is 4.83. The van der Waals surface area contributed by atoms with Crippen molar-refractivity contribution in [2.24, 2.45) is 0 Å². The Labute approximate surface area is 85.8 Å². The summed E-state index contributed by atoms with van der Waals surface area (Å²) in [4.78, 5) is 0. The number of aliphatic hydroxyl groups is 1. The largest absolute Gasteiger partial charge is 0.395 e. The van der Waals surface area contributed by atoms with Gasteiger partial charge in [0.1, 0.15) is 0 Å². The normalized spacial score (nSPS) is 12.1. The van der Waals surface area contributed by atoms with Gasteiger partial charge in [-0.05, 0) is 30.0 Å². The number of rotatable bonds is 3. The molecule has 0 saturated heterocycles. The van der Waals surface area contributed by atoms with E-state index in [1.54, 1.807) is 0 Å². The van der Waals surface area contributed by atoms with Gasteiger partial charge in [0.15, 0.2) is 0 Å². The zero-order valence-corrected chi connectivity index (χ0v) is 8.75. The Balaban J connectivity index is 3.12. The molecule has 1 atom stereocenters. The molecule has 74 valence electrons. The van der Waals surface area contributed by atoms with Crippen LogP contribution in [0.5, 0.6) is 0 Å².